The Hall–Kier alpha value is -0.830. The summed E-state index contributed by atoms with van der Waals surface area (Å²) in [5.74, 6) is -1.30. The molecule has 0 radical (unpaired) electrons. The molecule has 0 spiro atoms. The van der Waals surface area contributed by atoms with Gasteiger partial charge in [0.2, 0.25) is 15.9 Å². The summed E-state index contributed by atoms with van der Waals surface area (Å²) in [6.45, 7) is 0. The van der Waals surface area contributed by atoms with E-state index in [1.807, 2.05) is 0 Å². The summed E-state index contributed by atoms with van der Waals surface area (Å²) >= 11 is 12.0. The van der Waals surface area contributed by atoms with Crippen LogP contribution in [0.15, 0.2) is 18.2 Å². The third kappa shape index (κ3) is 3.29. The molecule has 1 unspecified atom stereocenters. The summed E-state index contributed by atoms with van der Waals surface area (Å²) in [6.07, 6.45) is 0.941. The third-order valence-electron chi connectivity index (χ3n) is 4.50. The second-order valence-electron chi connectivity index (χ2n) is 6.21. The Morgan fingerprint density at radius 3 is 2.42 bits per heavy atom. The Balaban J connectivity index is 1.82. The van der Waals surface area contributed by atoms with Crippen LogP contribution in [0, 0.1) is 0 Å². The summed E-state index contributed by atoms with van der Waals surface area (Å²) in [5.41, 5.74) is -0.466. The normalized spacial score (nSPS) is 24.5. The Bertz CT molecular complexity index is 907. The molecule has 1 aromatic carbocycles. The van der Waals surface area contributed by atoms with E-state index in [1.165, 1.54) is 6.07 Å². The van der Waals surface area contributed by atoms with E-state index < -0.39 is 42.2 Å². The van der Waals surface area contributed by atoms with Gasteiger partial charge in [0.25, 0.3) is 0 Å². The van der Waals surface area contributed by atoms with Crippen molar-refractivity contribution < 1.29 is 21.6 Å². The van der Waals surface area contributed by atoms with Crippen LogP contribution in [0.25, 0.3) is 0 Å². The molecule has 0 bridgehead atoms. The molecule has 1 aliphatic heterocycles. The van der Waals surface area contributed by atoms with E-state index in [4.69, 9.17) is 23.2 Å². The first-order chi connectivity index (χ1) is 11.1. The van der Waals surface area contributed by atoms with Gasteiger partial charge in [-0.2, -0.15) is 0 Å². The minimum atomic E-state index is -4.05. The number of halogens is 2. The van der Waals surface area contributed by atoms with E-state index in [2.05, 4.69) is 4.72 Å². The smallest absolute Gasteiger partial charge is 0.244 e. The van der Waals surface area contributed by atoms with Crippen molar-refractivity contribution in [3.63, 3.8) is 0 Å². The van der Waals surface area contributed by atoms with Gasteiger partial charge in [0.15, 0.2) is 9.84 Å². The average Bonchev–Trinajstić information content (AvgIpc) is 3.16. The predicted octanol–water partition coefficient (Wildman–Crippen LogP) is 1.66. The van der Waals surface area contributed by atoms with Gasteiger partial charge in [0.1, 0.15) is 0 Å². The van der Waals surface area contributed by atoms with Crippen LogP contribution in [0.2, 0.25) is 10.0 Å². The van der Waals surface area contributed by atoms with Gasteiger partial charge in [-0.05, 0) is 37.0 Å². The zero-order chi connectivity index (χ0) is 17.8. The van der Waals surface area contributed by atoms with Crippen LogP contribution in [-0.4, -0.2) is 39.5 Å². The molecule has 1 amide bonds. The summed E-state index contributed by atoms with van der Waals surface area (Å²) in [4.78, 5) is 12.6. The molecule has 1 heterocycles. The molecule has 3 rings (SSSR count). The topological polar surface area (TPSA) is 97.4 Å². The Morgan fingerprint density at radius 1 is 1.25 bits per heavy atom. The number of rotatable bonds is 4. The van der Waals surface area contributed by atoms with Crippen LogP contribution in [0.5, 0.6) is 0 Å². The highest BCUT2D eigenvalue weighted by Gasteiger charge is 2.54. The lowest BCUT2D eigenvalue weighted by Crippen LogP contribution is -2.44. The number of hydrogen-bond acceptors (Lipinski definition) is 5. The summed E-state index contributed by atoms with van der Waals surface area (Å²) in [7, 11) is -7.41. The van der Waals surface area contributed by atoms with E-state index in [-0.39, 0.29) is 12.2 Å². The van der Waals surface area contributed by atoms with Crippen molar-refractivity contribution in [2.45, 2.75) is 29.9 Å². The maximum Gasteiger partial charge on any atom is 0.244 e. The lowest BCUT2D eigenvalue weighted by atomic mass is 9.95. The van der Waals surface area contributed by atoms with Crippen LogP contribution in [0.3, 0.4) is 0 Å². The molecular formula is C14H15Cl2NO5S2. The number of benzene rings is 1. The first kappa shape index (κ1) is 18.0. The van der Waals surface area contributed by atoms with E-state index in [9.17, 15) is 21.6 Å². The number of sulfone groups is 1. The number of hydrogen-bond donors (Lipinski definition) is 1. The van der Waals surface area contributed by atoms with Gasteiger partial charge in [-0.15, -0.1) is 0 Å². The lowest BCUT2D eigenvalue weighted by molar-refractivity contribution is -0.121. The first-order valence-electron chi connectivity index (χ1n) is 7.28. The highest BCUT2D eigenvalue weighted by Crippen LogP contribution is 2.51. The molecular weight excluding hydrogens is 397 g/mol. The molecule has 6 nitrogen and oxygen atoms in total. The molecule has 0 aromatic heterocycles. The number of sulfonamides is 1. The van der Waals surface area contributed by atoms with Crippen molar-refractivity contribution in [1.82, 2.24) is 4.72 Å². The van der Waals surface area contributed by atoms with Crippen LogP contribution >= 0.6 is 23.2 Å². The third-order valence-corrected chi connectivity index (χ3v) is 8.77. The minimum Gasteiger partial charge on any atom is -0.273 e. The maximum absolute atomic E-state index is 12.6. The molecule has 132 valence electrons. The monoisotopic (exact) mass is 411 g/mol. The van der Waals surface area contributed by atoms with E-state index >= 15 is 0 Å². The average molecular weight is 412 g/mol. The summed E-state index contributed by atoms with van der Waals surface area (Å²) < 4.78 is 49.7. The van der Waals surface area contributed by atoms with Gasteiger partial charge in [-0.3, -0.25) is 9.52 Å². The molecule has 24 heavy (non-hydrogen) atoms. The minimum absolute atomic E-state index is 0.000349. The highest BCUT2D eigenvalue weighted by atomic mass is 35.5. The van der Waals surface area contributed by atoms with Crippen LogP contribution < -0.4 is 4.72 Å². The number of amides is 1. The van der Waals surface area contributed by atoms with Crippen LogP contribution in [-0.2, 0) is 30.1 Å². The van der Waals surface area contributed by atoms with Gasteiger partial charge in [0, 0.05) is 10.0 Å². The fourth-order valence-corrected chi connectivity index (χ4v) is 7.61. The molecule has 1 N–H and O–H groups in total. The van der Waals surface area contributed by atoms with Gasteiger partial charge in [0.05, 0.1) is 22.2 Å². The van der Waals surface area contributed by atoms with E-state index in [1.54, 1.807) is 12.1 Å². The summed E-state index contributed by atoms with van der Waals surface area (Å²) in [6, 6.07) is 4.71. The van der Waals surface area contributed by atoms with Gasteiger partial charge in [-0.1, -0.05) is 29.3 Å². The van der Waals surface area contributed by atoms with Crippen LogP contribution in [0.1, 0.15) is 24.8 Å². The molecule has 2 aliphatic rings. The molecule has 2 fully saturated rings. The zero-order valence-electron chi connectivity index (χ0n) is 12.5. The SMILES string of the molecule is O=C(NS(=O)(=O)C1CCS(=O)(=O)C1)C1(c2ccc(Cl)cc2Cl)CC1. The summed E-state index contributed by atoms with van der Waals surface area (Å²) in [5, 5.41) is -0.373. The maximum atomic E-state index is 12.6. The molecule has 1 aliphatic carbocycles. The quantitative estimate of drug-likeness (QED) is 0.811. The van der Waals surface area contributed by atoms with Crippen LogP contribution in [0.4, 0.5) is 0 Å². The molecule has 1 aromatic rings. The standard InChI is InChI=1S/C14H15Cl2NO5S2/c15-9-1-2-11(12(16)7-9)14(4-5-14)13(18)17-24(21,22)10-3-6-23(19,20)8-10/h1-2,7,10H,3-6,8H2,(H,17,18). The Labute approximate surface area is 150 Å². The van der Waals surface area contributed by atoms with Gasteiger partial charge in [-0.25, -0.2) is 16.8 Å². The van der Waals surface area contributed by atoms with Gasteiger partial charge < -0.3 is 0 Å². The second kappa shape index (κ2) is 5.86. The fourth-order valence-electron chi connectivity index (χ4n) is 2.94. The Morgan fingerprint density at radius 2 is 1.92 bits per heavy atom. The first-order valence-corrected chi connectivity index (χ1v) is 11.4. The second-order valence-corrected chi connectivity index (χ2v) is 11.2. The molecule has 1 saturated carbocycles. The molecule has 1 saturated heterocycles. The number of nitrogens with one attached hydrogen (secondary N) is 1. The number of carbonyl (C=O) groups is 1. The lowest BCUT2D eigenvalue weighted by Gasteiger charge is -2.19. The Kier molecular flexibility index (Phi) is 4.39. The van der Waals surface area contributed by atoms with Crippen molar-refractivity contribution in [1.29, 1.82) is 0 Å². The largest absolute Gasteiger partial charge is 0.273 e. The van der Waals surface area contributed by atoms with E-state index in [0.717, 1.165) is 0 Å². The van der Waals surface area contributed by atoms with Gasteiger partial charge >= 0.3 is 0 Å². The van der Waals surface area contributed by atoms with Crippen molar-refractivity contribution in [3.8, 4) is 0 Å². The van der Waals surface area contributed by atoms with Crippen molar-refractivity contribution in [2.75, 3.05) is 11.5 Å². The van der Waals surface area contributed by atoms with Crippen molar-refractivity contribution in [2.24, 2.45) is 0 Å². The highest BCUT2D eigenvalue weighted by molar-refractivity contribution is 7.95. The van der Waals surface area contributed by atoms with Crippen molar-refractivity contribution in [3.05, 3.63) is 33.8 Å². The zero-order valence-corrected chi connectivity index (χ0v) is 15.6. The number of carbonyl (C=O) groups excluding carboxylic acids is 1. The predicted molar refractivity (Wildman–Crippen MR) is 91.5 cm³/mol. The van der Waals surface area contributed by atoms with Crippen molar-refractivity contribution >= 4 is 49.0 Å². The molecule has 10 heteroatoms. The van der Waals surface area contributed by atoms with E-state index in [0.29, 0.717) is 28.5 Å². The fraction of sp³-hybridized carbons (Fsp3) is 0.500. The molecule has 1 atom stereocenters.